The molecule has 4 heteroatoms. The number of esters is 1. The topological polar surface area (TPSA) is 39.2 Å². The number of hydrogen-bond acceptors (Lipinski definition) is 4. The molecule has 0 atom stereocenters. The van der Waals surface area contributed by atoms with Crippen molar-refractivity contribution < 1.29 is 9.53 Å². The summed E-state index contributed by atoms with van der Waals surface area (Å²) in [5, 5.41) is 3.09. The maximum Gasteiger partial charge on any atom is 0.309 e. The molecule has 21 heavy (non-hydrogen) atoms. The Morgan fingerprint density at radius 2 is 1.95 bits per heavy atom. The molecule has 0 radical (unpaired) electrons. The first kappa shape index (κ1) is 16.5. The smallest absolute Gasteiger partial charge is 0.309 e. The van der Waals surface area contributed by atoms with Crippen LogP contribution in [0.3, 0.4) is 0 Å². The summed E-state index contributed by atoms with van der Waals surface area (Å²) in [6.45, 7) is 11.4. The van der Waals surface area contributed by atoms with Gasteiger partial charge in [-0.05, 0) is 36.5 Å². The minimum Gasteiger partial charge on any atom is -0.459 e. The molecular formula is C17H27NO2S. The summed E-state index contributed by atoms with van der Waals surface area (Å²) in [7, 11) is 0. The summed E-state index contributed by atoms with van der Waals surface area (Å²) in [4.78, 5) is 16.8. The molecule has 1 aliphatic rings. The quantitative estimate of drug-likeness (QED) is 0.763. The van der Waals surface area contributed by atoms with Crippen LogP contribution < -0.4 is 0 Å². The Morgan fingerprint density at radius 1 is 1.33 bits per heavy atom. The van der Waals surface area contributed by atoms with Gasteiger partial charge >= 0.3 is 5.97 Å². The molecule has 0 saturated heterocycles. The minimum absolute atomic E-state index is 0.0213. The van der Waals surface area contributed by atoms with Crippen molar-refractivity contribution >= 4 is 17.3 Å². The number of nitrogens with zero attached hydrogens (tertiary/aromatic N) is 1. The lowest BCUT2D eigenvalue weighted by Gasteiger charge is -2.44. The van der Waals surface area contributed by atoms with E-state index in [2.05, 4.69) is 39.6 Å². The van der Waals surface area contributed by atoms with Gasteiger partial charge in [0.05, 0.1) is 16.6 Å². The van der Waals surface area contributed by atoms with E-state index in [0.717, 1.165) is 36.4 Å². The number of carbonyl (C=O) groups is 1. The van der Waals surface area contributed by atoms with Gasteiger partial charge in [-0.2, -0.15) is 0 Å². The molecule has 0 aromatic carbocycles. The van der Waals surface area contributed by atoms with Gasteiger partial charge in [0.2, 0.25) is 0 Å². The van der Waals surface area contributed by atoms with Crippen molar-refractivity contribution in [3.8, 4) is 0 Å². The molecule has 1 aliphatic carbocycles. The first-order valence-corrected chi connectivity index (χ1v) is 8.69. The van der Waals surface area contributed by atoms with Crippen LogP contribution >= 0.6 is 11.3 Å². The second-order valence-corrected chi connectivity index (χ2v) is 8.75. The highest BCUT2D eigenvalue weighted by molar-refractivity contribution is 7.09. The number of carbonyl (C=O) groups excluding carboxylic acids is 1. The van der Waals surface area contributed by atoms with Gasteiger partial charge in [0, 0.05) is 5.38 Å². The van der Waals surface area contributed by atoms with Crippen LogP contribution in [0, 0.1) is 16.7 Å². The van der Waals surface area contributed by atoms with Crippen molar-refractivity contribution in [2.45, 2.75) is 66.9 Å². The molecule has 2 rings (SSSR count). The Bertz CT molecular complexity index is 489. The Kier molecular flexibility index (Phi) is 4.76. The summed E-state index contributed by atoms with van der Waals surface area (Å²) >= 11 is 1.63. The summed E-state index contributed by atoms with van der Waals surface area (Å²) in [5.74, 6) is -0.0325. The van der Waals surface area contributed by atoms with Gasteiger partial charge < -0.3 is 4.74 Å². The van der Waals surface area contributed by atoms with Crippen molar-refractivity contribution in [2.75, 3.05) is 0 Å². The largest absolute Gasteiger partial charge is 0.459 e. The third-order valence-corrected chi connectivity index (χ3v) is 5.19. The third-order valence-electron chi connectivity index (χ3n) is 4.15. The fraction of sp³-hybridized carbons (Fsp3) is 0.765. The predicted octanol–water partition coefficient (Wildman–Crippen LogP) is 4.60. The van der Waals surface area contributed by atoms with E-state index in [9.17, 15) is 4.79 Å². The summed E-state index contributed by atoms with van der Waals surface area (Å²) < 4.78 is 5.52. The zero-order chi connectivity index (χ0) is 15.7. The van der Waals surface area contributed by atoms with Crippen LogP contribution in [0.2, 0.25) is 0 Å². The molecule has 0 unspecified atom stereocenters. The number of rotatable bonds is 4. The maximum atomic E-state index is 12.4. The van der Waals surface area contributed by atoms with Gasteiger partial charge in [-0.15, -0.1) is 11.3 Å². The Hall–Kier alpha value is -0.900. The monoisotopic (exact) mass is 309 g/mol. The van der Waals surface area contributed by atoms with E-state index in [0.29, 0.717) is 6.61 Å². The molecule has 3 nitrogen and oxygen atoms in total. The number of hydrogen-bond donors (Lipinski definition) is 0. The molecular weight excluding hydrogens is 282 g/mol. The number of aromatic nitrogens is 1. The average molecular weight is 309 g/mol. The van der Waals surface area contributed by atoms with Gasteiger partial charge in [0.25, 0.3) is 0 Å². The molecule has 0 amide bonds. The number of thiazole rings is 1. The first-order chi connectivity index (χ1) is 9.71. The van der Waals surface area contributed by atoms with E-state index in [-0.39, 0.29) is 22.7 Å². The van der Waals surface area contributed by atoms with Gasteiger partial charge in [-0.1, -0.05) is 34.6 Å². The highest BCUT2D eigenvalue weighted by Gasteiger charge is 2.41. The lowest BCUT2D eigenvalue weighted by atomic mass is 9.61. The predicted molar refractivity (Wildman–Crippen MR) is 86.2 cm³/mol. The molecule has 0 N–H and O–H groups in total. The van der Waals surface area contributed by atoms with Gasteiger partial charge in [-0.3, -0.25) is 4.79 Å². The van der Waals surface area contributed by atoms with Crippen LogP contribution in [0.25, 0.3) is 0 Å². The van der Waals surface area contributed by atoms with Crippen LogP contribution in [-0.4, -0.2) is 11.0 Å². The van der Waals surface area contributed by atoms with Gasteiger partial charge in [0.15, 0.2) is 0 Å². The standard InChI is InChI=1S/C17H27NO2S/c1-6-14-18-13(10-21-14)9-20-15(19)12-7-16(2,3)11-17(4,5)8-12/h10,12H,6-9,11H2,1-5H3. The first-order valence-electron chi connectivity index (χ1n) is 7.81. The number of ether oxygens (including phenoxy) is 1. The van der Waals surface area contributed by atoms with Gasteiger partial charge in [-0.25, -0.2) is 4.98 Å². The average Bonchev–Trinajstić information content (AvgIpc) is 2.80. The molecule has 118 valence electrons. The second-order valence-electron chi connectivity index (χ2n) is 7.80. The highest BCUT2D eigenvalue weighted by Crippen LogP contribution is 2.48. The lowest BCUT2D eigenvalue weighted by Crippen LogP contribution is -2.37. The Labute approximate surface area is 132 Å². The molecule has 1 saturated carbocycles. The molecule has 0 aliphatic heterocycles. The van der Waals surface area contributed by atoms with E-state index < -0.39 is 0 Å². The van der Waals surface area contributed by atoms with Gasteiger partial charge in [0.1, 0.15) is 6.61 Å². The van der Waals surface area contributed by atoms with Crippen LogP contribution in [0.1, 0.15) is 64.6 Å². The summed E-state index contributed by atoms with van der Waals surface area (Å²) in [5.41, 5.74) is 1.29. The Balaban J connectivity index is 1.93. The highest BCUT2D eigenvalue weighted by atomic mass is 32.1. The normalized spacial score (nSPS) is 21.2. The van der Waals surface area contributed by atoms with Crippen LogP contribution in [0.4, 0.5) is 0 Å². The van der Waals surface area contributed by atoms with Crippen molar-refractivity contribution in [1.82, 2.24) is 4.98 Å². The minimum atomic E-state index is -0.0538. The molecule has 1 aromatic heterocycles. The zero-order valence-electron chi connectivity index (χ0n) is 13.9. The van der Waals surface area contributed by atoms with E-state index in [1.54, 1.807) is 11.3 Å². The van der Waals surface area contributed by atoms with Crippen molar-refractivity contribution in [1.29, 1.82) is 0 Å². The SMILES string of the molecule is CCc1nc(COC(=O)C2CC(C)(C)CC(C)(C)C2)cs1. The summed E-state index contributed by atoms with van der Waals surface area (Å²) in [6, 6.07) is 0. The van der Waals surface area contributed by atoms with E-state index in [1.165, 1.54) is 0 Å². The molecule has 1 heterocycles. The zero-order valence-corrected chi connectivity index (χ0v) is 14.7. The van der Waals surface area contributed by atoms with Crippen LogP contribution in [-0.2, 0) is 22.6 Å². The van der Waals surface area contributed by atoms with Crippen LogP contribution in [0.5, 0.6) is 0 Å². The fourth-order valence-corrected chi connectivity index (χ4v) is 4.58. The van der Waals surface area contributed by atoms with Crippen molar-refractivity contribution in [3.63, 3.8) is 0 Å². The molecule has 0 spiro atoms. The third kappa shape index (κ3) is 4.53. The lowest BCUT2D eigenvalue weighted by molar-refractivity contribution is -0.154. The van der Waals surface area contributed by atoms with E-state index in [4.69, 9.17) is 4.74 Å². The summed E-state index contributed by atoms with van der Waals surface area (Å²) in [6.07, 6.45) is 3.94. The fourth-order valence-electron chi connectivity index (χ4n) is 3.85. The second kappa shape index (κ2) is 6.07. The van der Waals surface area contributed by atoms with E-state index in [1.807, 2.05) is 5.38 Å². The van der Waals surface area contributed by atoms with Crippen LogP contribution in [0.15, 0.2) is 5.38 Å². The Morgan fingerprint density at radius 3 is 2.48 bits per heavy atom. The molecule has 0 bridgehead atoms. The van der Waals surface area contributed by atoms with Crippen molar-refractivity contribution in [3.05, 3.63) is 16.1 Å². The number of aryl methyl sites for hydroxylation is 1. The van der Waals surface area contributed by atoms with Crippen molar-refractivity contribution in [2.24, 2.45) is 16.7 Å². The molecule has 1 fully saturated rings. The molecule has 1 aromatic rings. The van der Waals surface area contributed by atoms with E-state index >= 15 is 0 Å². The maximum absolute atomic E-state index is 12.4.